The molecule has 2 atom stereocenters. The van der Waals surface area contributed by atoms with Crippen molar-refractivity contribution in [3.8, 4) is 17.6 Å². The predicted molar refractivity (Wildman–Crippen MR) is 137 cm³/mol. The minimum atomic E-state index is -0.855. The minimum absolute atomic E-state index is 0. The SMILES string of the molecule is CC#C[C@@H](CC(=O)O)c1ccc(OCc2cccc(C3=CCC(C4OCCO4)CC3)c2)cc1.S. The Morgan fingerprint density at radius 2 is 1.94 bits per heavy atom. The number of hydrogen-bond acceptors (Lipinski definition) is 4. The molecule has 0 radical (unpaired) electrons. The number of benzene rings is 2. The summed E-state index contributed by atoms with van der Waals surface area (Å²) in [4.78, 5) is 11.1. The zero-order chi connectivity index (χ0) is 23.0. The molecule has 1 aliphatic heterocycles. The van der Waals surface area contributed by atoms with Crippen LogP contribution in [0.3, 0.4) is 0 Å². The summed E-state index contributed by atoms with van der Waals surface area (Å²) in [5, 5.41) is 9.11. The van der Waals surface area contributed by atoms with Crippen LogP contribution < -0.4 is 4.74 Å². The lowest BCUT2D eigenvalue weighted by Crippen LogP contribution is -2.23. The van der Waals surface area contributed by atoms with Gasteiger partial charge in [-0.25, -0.2) is 0 Å². The van der Waals surface area contributed by atoms with Crippen LogP contribution in [0.1, 0.15) is 55.2 Å². The molecule has 34 heavy (non-hydrogen) atoms. The minimum Gasteiger partial charge on any atom is -0.489 e. The van der Waals surface area contributed by atoms with Gasteiger partial charge in [-0.15, -0.1) is 5.92 Å². The molecule has 0 amide bonds. The smallest absolute Gasteiger partial charge is 0.304 e. The Hall–Kier alpha value is -2.72. The Bertz CT molecular complexity index is 1040. The molecule has 2 aromatic carbocycles. The van der Waals surface area contributed by atoms with Crippen LogP contribution >= 0.6 is 13.5 Å². The van der Waals surface area contributed by atoms with Crippen LogP contribution in [0.5, 0.6) is 5.75 Å². The summed E-state index contributed by atoms with van der Waals surface area (Å²) in [6.45, 7) is 3.61. The molecule has 2 aliphatic rings. The maximum Gasteiger partial charge on any atom is 0.304 e. The number of carboxylic acids is 1. The fourth-order valence-corrected chi connectivity index (χ4v) is 4.44. The average molecular weight is 481 g/mol. The van der Waals surface area contributed by atoms with Gasteiger partial charge >= 0.3 is 5.97 Å². The molecule has 0 saturated carbocycles. The topological polar surface area (TPSA) is 65.0 Å². The van der Waals surface area contributed by atoms with Crippen LogP contribution in [0, 0.1) is 17.8 Å². The van der Waals surface area contributed by atoms with E-state index in [0.717, 1.165) is 36.1 Å². The van der Waals surface area contributed by atoms with Crippen LogP contribution in [0.15, 0.2) is 54.6 Å². The number of carbonyl (C=O) groups is 1. The van der Waals surface area contributed by atoms with E-state index in [0.29, 0.717) is 25.7 Å². The van der Waals surface area contributed by atoms with Crippen molar-refractivity contribution in [2.45, 2.75) is 51.4 Å². The molecular weight excluding hydrogens is 448 g/mol. The zero-order valence-electron chi connectivity index (χ0n) is 19.5. The average Bonchev–Trinajstić information content (AvgIpc) is 3.38. The van der Waals surface area contributed by atoms with Gasteiger partial charge in [0, 0.05) is 5.92 Å². The molecule has 1 heterocycles. The number of aliphatic carboxylic acids is 1. The van der Waals surface area contributed by atoms with Crippen LogP contribution in [0.2, 0.25) is 0 Å². The molecule has 1 saturated heterocycles. The molecule has 1 fully saturated rings. The first-order valence-corrected chi connectivity index (χ1v) is 11.5. The standard InChI is InChI=1S/C28H30O5.H2S/c1-2-4-24(18-27(29)30)22-11-13-26(14-12-22)33-19-20-5-3-6-25(17-20)21-7-9-23(10-8-21)28-31-15-16-32-28;/h3,5-7,11-14,17,23-24,28H,8-10,15-16,18-19H2,1H3,(H,29,30);1H2/t23?,24-;/m0./s1. The maximum atomic E-state index is 11.1. The summed E-state index contributed by atoms with van der Waals surface area (Å²) in [6.07, 6.45) is 5.36. The molecule has 0 spiro atoms. The van der Waals surface area contributed by atoms with Gasteiger partial charge in [-0.05, 0) is 66.6 Å². The molecule has 4 rings (SSSR count). The normalized spacial score (nSPS) is 18.7. The van der Waals surface area contributed by atoms with Gasteiger partial charge in [0.25, 0.3) is 0 Å². The monoisotopic (exact) mass is 480 g/mol. The van der Waals surface area contributed by atoms with E-state index in [1.54, 1.807) is 6.92 Å². The van der Waals surface area contributed by atoms with Crippen LogP contribution in [0.4, 0.5) is 0 Å². The van der Waals surface area contributed by atoms with Crippen molar-refractivity contribution < 1.29 is 24.1 Å². The zero-order valence-corrected chi connectivity index (χ0v) is 20.5. The molecule has 180 valence electrons. The van der Waals surface area contributed by atoms with Gasteiger partial charge in [0.2, 0.25) is 0 Å². The third-order valence-electron chi connectivity index (χ3n) is 6.17. The van der Waals surface area contributed by atoms with Crippen molar-refractivity contribution in [1.29, 1.82) is 0 Å². The van der Waals surface area contributed by atoms with E-state index in [1.165, 1.54) is 11.1 Å². The third-order valence-corrected chi connectivity index (χ3v) is 6.17. The number of rotatable bonds is 8. The second-order valence-corrected chi connectivity index (χ2v) is 8.48. The van der Waals surface area contributed by atoms with Crippen molar-refractivity contribution in [1.82, 2.24) is 0 Å². The van der Waals surface area contributed by atoms with E-state index in [-0.39, 0.29) is 32.1 Å². The second-order valence-electron chi connectivity index (χ2n) is 8.48. The Morgan fingerprint density at radius 1 is 1.18 bits per heavy atom. The summed E-state index contributed by atoms with van der Waals surface area (Å²) in [5.74, 6) is 5.82. The molecule has 1 aliphatic carbocycles. The van der Waals surface area contributed by atoms with E-state index in [1.807, 2.05) is 24.3 Å². The largest absolute Gasteiger partial charge is 0.489 e. The van der Waals surface area contributed by atoms with Crippen LogP contribution in [-0.4, -0.2) is 30.6 Å². The highest BCUT2D eigenvalue weighted by Crippen LogP contribution is 2.34. The van der Waals surface area contributed by atoms with E-state index in [2.05, 4.69) is 42.2 Å². The molecular formula is C28H32O5S. The lowest BCUT2D eigenvalue weighted by Gasteiger charge is -2.26. The summed E-state index contributed by atoms with van der Waals surface area (Å²) in [6, 6.07) is 16.0. The van der Waals surface area contributed by atoms with Crippen LogP contribution in [0.25, 0.3) is 5.57 Å². The van der Waals surface area contributed by atoms with Crippen molar-refractivity contribution in [2.24, 2.45) is 5.92 Å². The van der Waals surface area contributed by atoms with Gasteiger partial charge in [-0.1, -0.05) is 42.3 Å². The van der Waals surface area contributed by atoms with Gasteiger partial charge in [-0.2, -0.15) is 13.5 Å². The molecule has 1 N–H and O–H groups in total. The molecule has 0 bridgehead atoms. The molecule has 1 unspecified atom stereocenters. The first-order valence-electron chi connectivity index (χ1n) is 11.5. The summed E-state index contributed by atoms with van der Waals surface area (Å²) < 4.78 is 17.3. The van der Waals surface area contributed by atoms with Crippen LogP contribution in [-0.2, 0) is 20.9 Å². The first kappa shape index (κ1) is 25.9. The summed E-state index contributed by atoms with van der Waals surface area (Å²) in [7, 11) is 0. The Kier molecular flexibility index (Phi) is 9.64. The van der Waals surface area contributed by atoms with Gasteiger partial charge in [0.05, 0.1) is 25.6 Å². The highest BCUT2D eigenvalue weighted by Gasteiger charge is 2.28. The molecule has 5 nitrogen and oxygen atoms in total. The highest BCUT2D eigenvalue weighted by atomic mass is 32.1. The first-order chi connectivity index (χ1) is 16.1. The van der Waals surface area contributed by atoms with E-state index in [4.69, 9.17) is 19.3 Å². The number of allylic oxidation sites excluding steroid dienone is 2. The van der Waals surface area contributed by atoms with E-state index < -0.39 is 5.97 Å². The van der Waals surface area contributed by atoms with Gasteiger partial charge in [-0.3, -0.25) is 4.79 Å². The number of ether oxygens (including phenoxy) is 3. The van der Waals surface area contributed by atoms with Gasteiger partial charge in [0.15, 0.2) is 6.29 Å². The lowest BCUT2D eigenvalue weighted by atomic mass is 9.86. The Balaban J connectivity index is 0.00000324. The quantitative estimate of drug-likeness (QED) is 0.504. The van der Waals surface area contributed by atoms with E-state index >= 15 is 0 Å². The van der Waals surface area contributed by atoms with Crippen molar-refractivity contribution >= 4 is 25.0 Å². The van der Waals surface area contributed by atoms with Crippen molar-refractivity contribution in [3.63, 3.8) is 0 Å². The fraction of sp³-hybridized carbons (Fsp3) is 0.393. The maximum absolute atomic E-state index is 11.1. The van der Waals surface area contributed by atoms with E-state index in [9.17, 15) is 4.79 Å². The number of hydrogen-bond donors (Lipinski definition) is 1. The van der Waals surface area contributed by atoms with Crippen molar-refractivity contribution in [2.75, 3.05) is 13.2 Å². The Morgan fingerprint density at radius 3 is 2.59 bits per heavy atom. The Labute approximate surface area is 208 Å². The summed E-state index contributed by atoms with van der Waals surface area (Å²) >= 11 is 0. The van der Waals surface area contributed by atoms with Crippen molar-refractivity contribution in [3.05, 3.63) is 71.3 Å². The van der Waals surface area contributed by atoms with Gasteiger partial charge in [0.1, 0.15) is 12.4 Å². The number of carboxylic acid groups (broad SMARTS) is 1. The summed E-state index contributed by atoms with van der Waals surface area (Å²) in [5.41, 5.74) is 4.62. The fourth-order valence-electron chi connectivity index (χ4n) is 4.44. The highest BCUT2D eigenvalue weighted by molar-refractivity contribution is 7.59. The molecule has 6 heteroatoms. The van der Waals surface area contributed by atoms with Gasteiger partial charge < -0.3 is 19.3 Å². The molecule has 2 aromatic rings. The predicted octanol–water partition coefficient (Wildman–Crippen LogP) is 5.52. The lowest BCUT2D eigenvalue weighted by molar-refractivity contribution is -0.137. The molecule has 0 aromatic heterocycles. The second kappa shape index (κ2) is 12.7. The third kappa shape index (κ3) is 6.89.